The molecular weight excluding hydrogens is 434 g/mol. The molecule has 0 radical (unpaired) electrons. The van der Waals surface area contributed by atoms with E-state index in [4.69, 9.17) is 38.7 Å². The Balaban J connectivity index is 1.81. The Morgan fingerprint density at radius 1 is 1.21 bits per heavy atom. The van der Waals surface area contributed by atoms with Gasteiger partial charge in [0.25, 0.3) is 0 Å². The van der Waals surface area contributed by atoms with Gasteiger partial charge in [-0.25, -0.2) is 4.79 Å². The smallest absolute Gasteiger partial charge is 0.332 e. The first kappa shape index (κ1) is 25.2. The predicted molar refractivity (Wildman–Crippen MR) is 115 cm³/mol. The van der Waals surface area contributed by atoms with Crippen LogP contribution < -0.4 is 4.74 Å². The Labute approximate surface area is 192 Å². The summed E-state index contributed by atoms with van der Waals surface area (Å²) in [6.45, 7) is 7.28. The molecule has 3 rings (SSSR count). The number of carbonyl (C=O) groups is 1. The predicted octanol–water partition coefficient (Wildman–Crippen LogP) is 3.28. The fraction of sp³-hybridized carbons (Fsp3) is 0.682. The molecule has 1 aromatic rings. The van der Waals surface area contributed by atoms with E-state index in [0.717, 1.165) is 5.56 Å². The van der Waals surface area contributed by atoms with Crippen molar-refractivity contribution in [1.82, 2.24) is 0 Å². The normalized spacial score (nSPS) is 29.5. The van der Waals surface area contributed by atoms with Gasteiger partial charge in [-0.15, -0.1) is 0 Å². The zero-order valence-corrected chi connectivity index (χ0v) is 19.5. The zero-order chi connectivity index (χ0) is 24.0. The van der Waals surface area contributed by atoms with Crippen molar-refractivity contribution in [3.63, 3.8) is 0 Å². The molecule has 2 heterocycles. The highest BCUT2D eigenvalue weighted by Crippen LogP contribution is 2.37. The molecule has 0 amide bonds. The Morgan fingerprint density at radius 2 is 1.94 bits per heavy atom. The molecule has 0 saturated carbocycles. The van der Waals surface area contributed by atoms with Crippen LogP contribution in [0.4, 0.5) is 0 Å². The quantitative estimate of drug-likeness (QED) is 0.247. The van der Waals surface area contributed by atoms with Gasteiger partial charge in [0.2, 0.25) is 0 Å². The average Bonchev–Trinajstić information content (AvgIpc) is 2.77. The lowest BCUT2D eigenvalue weighted by atomic mass is 9.96. The molecule has 2 aliphatic heterocycles. The second-order valence-electron chi connectivity index (χ2n) is 8.59. The van der Waals surface area contributed by atoms with Crippen molar-refractivity contribution in [3.05, 3.63) is 40.3 Å². The van der Waals surface area contributed by atoms with Gasteiger partial charge in [-0.2, -0.15) is 0 Å². The van der Waals surface area contributed by atoms with E-state index in [1.165, 1.54) is 0 Å². The summed E-state index contributed by atoms with van der Waals surface area (Å²) in [5.41, 5.74) is 9.26. The number of nitrogens with zero attached hydrogens (tertiary/aromatic N) is 3. The molecule has 3 unspecified atom stereocenters. The summed E-state index contributed by atoms with van der Waals surface area (Å²) in [5, 5.41) is 3.85. The molecule has 0 bridgehead atoms. The van der Waals surface area contributed by atoms with E-state index in [0.29, 0.717) is 12.4 Å². The second-order valence-corrected chi connectivity index (χ2v) is 8.59. The molecule has 0 spiro atoms. The average molecular weight is 466 g/mol. The maximum absolute atomic E-state index is 12.3. The minimum atomic E-state index is -0.881. The van der Waals surface area contributed by atoms with E-state index in [-0.39, 0.29) is 13.2 Å². The van der Waals surface area contributed by atoms with Gasteiger partial charge in [0.15, 0.2) is 12.6 Å². The first-order valence-electron chi connectivity index (χ1n) is 10.8. The lowest BCUT2D eigenvalue weighted by Crippen LogP contribution is -2.62. The summed E-state index contributed by atoms with van der Waals surface area (Å²) in [4.78, 5) is 15.2. The van der Waals surface area contributed by atoms with Crippen LogP contribution in [0.1, 0.15) is 39.5 Å². The molecule has 11 nitrogen and oxygen atoms in total. The molecule has 0 aromatic heterocycles. The van der Waals surface area contributed by atoms with Crippen molar-refractivity contribution in [2.75, 3.05) is 26.9 Å². The summed E-state index contributed by atoms with van der Waals surface area (Å²) < 4.78 is 40.2. The largest absolute Gasteiger partial charge is 0.497 e. The summed E-state index contributed by atoms with van der Waals surface area (Å²) >= 11 is 0. The van der Waals surface area contributed by atoms with Crippen molar-refractivity contribution in [3.8, 4) is 5.75 Å². The monoisotopic (exact) mass is 465 g/mol. The van der Waals surface area contributed by atoms with Gasteiger partial charge in [-0.3, -0.25) is 0 Å². The molecular formula is C22H31N3O8. The minimum Gasteiger partial charge on any atom is -0.497 e. The van der Waals surface area contributed by atoms with Gasteiger partial charge < -0.3 is 33.2 Å². The maximum Gasteiger partial charge on any atom is 0.332 e. The third-order valence-electron chi connectivity index (χ3n) is 5.02. The Hall–Kier alpha value is -2.40. The van der Waals surface area contributed by atoms with Crippen molar-refractivity contribution < 1.29 is 38.0 Å². The highest BCUT2D eigenvalue weighted by atomic mass is 16.8. The molecule has 33 heavy (non-hydrogen) atoms. The van der Waals surface area contributed by atoms with Crippen LogP contribution >= 0.6 is 0 Å². The lowest BCUT2D eigenvalue weighted by Gasteiger charge is -2.48. The van der Waals surface area contributed by atoms with Gasteiger partial charge in [0, 0.05) is 17.1 Å². The van der Waals surface area contributed by atoms with E-state index >= 15 is 0 Å². The molecule has 0 aliphatic carbocycles. The molecule has 6 atom stereocenters. The van der Waals surface area contributed by atoms with E-state index in [9.17, 15) is 4.79 Å². The third kappa shape index (κ3) is 6.57. The van der Waals surface area contributed by atoms with Gasteiger partial charge in [-0.1, -0.05) is 17.2 Å². The molecule has 2 aliphatic rings. The van der Waals surface area contributed by atoms with Crippen LogP contribution in [-0.4, -0.2) is 69.1 Å². The number of fused-ring (bicyclic) bond motifs is 1. The number of esters is 1. The van der Waals surface area contributed by atoms with Gasteiger partial charge >= 0.3 is 5.97 Å². The van der Waals surface area contributed by atoms with E-state index in [1.54, 1.807) is 46.9 Å². The van der Waals surface area contributed by atoms with Crippen molar-refractivity contribution >= 4 is 5.97 Å². The first-order valence-corrected chi connectivity index (χ1v) is 10.8. The van der Waals surface area contributed by atoms with Crippen LogP contribution in [0.15, 0.2) is 29.4 Å². The van der Waals surface area contributed by atoms with E-state index in [2.05, 4.69) is 10.0 Å². The summed E-state index contributed by atoms with van der Waals surface area (Å²) in [6.07, 6.45) is -3.64. The molecule has 2 saturated heterocycles. The van der Waals surface area contributed by atoms with Crippen molar-refractivity contribution in [1.29, 1.82) is 0 Å². The van der Waals surface area contributed by atoms with Crippen LogP contribution in [0.5, 0.6) is 5.75 Å². The fourth-order valence-corrected chi connectivity index (χ4v) is 3.70. The number of carbonyl (C=O) groups excluding carboxylic acids is 1. The van der Waals surface area contributed by atoms with Crippen LogP contribution in [0.25, 0.3) is 10.4 Å². The van der Waals surface area contributed by atoms with Gasteiger partial charge in [-0.05, 0) is 45.4 Å². The van der Waals surface area contributed by atoms with Crippen molar-refractivity contribution in [2.24, 2.45) is 5.11 Å². The SMILES string of the molecule is CCO[C@@H]1OC2COC(c3ccc(OC)cc3)O[C@@H]2[C@H](OCC(=O)OC(C)(C)C)C1N=[N+]=[N-]. The number of hydrogen-bond acceptors (Lipinski definition) is 9. The maximum atomic E-state index is 12.3. The first-order chi connectivity index (χ1) is 15.8. The Bertz CT molecular complexity index is 837. The summed E-state index contributed by atoms with van der Waals surface area (Å²) in [5.74, 6) is 0.159. The highest BCUT2D eigenvalue weighted by Gasteiger charge is 2.51. The number of hydrogen-bond donors (Lipinski definition) is 0. The topological polar surface area (TPSA) is 130 Å². The van der Waals surface area contributed by atoms with E-state index < -0.39 is 48.5 Å². The lowest BCUT2D eigenvalue weighted by molar-refractivity contribution is -0.345. The molecule has 182 valence electrons. The molecule has 1 aromatic carbocycles. The number of benzene rings is 1. The summed E-state index contributed by atoms with van der Waals surface area (Å²) in [7, 11) is 1.59. The Kier molecular flexibility index (Phi) is 8.52. The minimum absolute atomic E-state index is 0.195. The zero-order valence-electron chi connectivity index (χ0n) is 19.5. The third-order valence-corrected chi connectivity index (χ3v) is 5.02. The number of methoxy groups -OCH3 is 1. The second kappa shape index (κ2) is 11.1. The van der Waals surface area contributed by atoms with Crippen LogP contribution in [0.3, 0.4) is 0 Å². The standard InChI is InChI=1S/C22H31N3O8/c1-6-28-21-17(24-25-23)19(29-12-16(26)33-22(2,3)4)18-15(31-21)11-30-20(32-18)13-7-9-14(27-5)10-8-13/h7-10,15,17-21H,6,11-12H2,1-5H3/t15?,17?,18-,19+,20?,21+/m0/s1. The highest BCUT2D eigenvalue weighted by molar-refractivity contribution is 5.71. The van der Waals surface area contributed by atoms with Crippen molar-refractivity contribution in [2.45, 2.75) is 70.2 Å². The molecule has 0 N–H and O–H groups in total. The number of ether oxygens (including phenoxy) is 7. The van der Waals surface area contributed by atoms with Crippen LogP contribution in [0.2, 0.25) is 0 Å². The Morgan fingerprint density at radius 3 is 2.55 bits per heavy atom. The molecule has 2 fully saturated rings. The van der Waals surface area contributed by atoms with Gasteiger partial charge in [0.05, 0.1) is 13.7 Å². The van der Waals surface area contributed by atoms with Gasteiger partial charge in [0.1, 0.15) is 42.3 Å². The fourth-order valence-electron chi connectivity index (χ4n) is 3.70. The summed E-state index contributed by atoms with van der Waals surface area (Å²) in [6, 6.07) is 6.38. The van der Waals surface area contributed by atoms with E-state index in [1.807, 2.05) is 12.1 Å². The molecule has 11 heteroatoms. The van der Waals surface area contributed by atoms with Crippen LogP contribution in [-0.2, 0) is 33.2 Å². The number of rotatable bonds is 8. The van der Waals surface area contributed by atoms with Crippen LogP contribution in [0, 0.1) is 0 Å². The number of azide groups is 1.